The highest BCUT2D eigenvalue weighted by atomic mass is 32.2. The van der Waals surface area contributed by atoms with Crippen LogP contribution in [-0.4, -0.2) is 47.0 Å². The fourth-order valence-corrected chi connectivity index (χ4v) is 3.32. The van der Waals surface area contributed by atoms with E-state index in [1.54, 1.807) is 18.2 Å². The van der Waals surface area contributed by atoms with Crippen LogP contribution < -0.4 is 10.0 Å². The standard InChI is InChI=1S/C14H25N3O2S/c1-11(10-17(4)5)16-20(18,19)14-8-6-7-13(9-14)12(2)15-3/h6-9,11-12,15-16H,10H2,1-5H3. The van der Waals surface area contributed by atoms with E-state index in [4.69, 9.17) is 0 Å². The molecule has 0 aromatic heterocycles. The van der Waals surface area contributed by atoms with Crippen LogP contribution in [0.25, 0.3) is 0 Å². The van der Waals surface area contributed by atoms with Crippen molar-refractivity contribution >= 4 is 10.0 Å². The average molecular weight is 299 g/mol. The maximum absolute atomic E-state index is 12.3. The molecule has 5 nitrogen and oxygen atoms in total. The molecule has 6 heteroatoms. The van der Waals surface area contributed by atoms with E-state index in [0.717, 1.165) is 5.56 Å². The number of likely N-dealkylation sites (N-methyl/N-ethyl adjacent to an activating group) is 1. The summed E-state index contributed by atoms with van der Waals surface area (Å²) in [5.74, 6) is 0. The molecule has 0 aliphatic rings. The van der Waals surface area contributed by atoms with Gasteiger partial charge in [0.2, 0.25) is 10.0 Å². The topological polar surface area (TPSA) is 61.4 Å². The van der Waals surface area contributed by atoms with Crippen LogP contribution in [0.15, 0.2) is 29.2 Å². The van der Waals surface area contributed by atoms with E-state index < -0.39 is 10.0 Å². The number of hydrogen-bond donors (Lipinski definition) is 2. The Morgan fingerprint density at radius 2 is 1.90 bits per heavy atom. The van der Waals surface area contributed by atoms with Crippen molar-refractivity contribution in [2.24, 2.45) is 0 Å². The Hall–Kier alpha value is -0.950. The van der Waals surface area contributed by atoms with Crippen molar-refractivity contribution in [3.63, 3.8) is 0 Å². The summed E-state index contributed by atoms with van der Waals surface area (Å²) in [4.78, 5) is 2.26. The van der Waals surface area contributed by atoms with Crippen LogP contribution in [0.5, 0.6) is 0 Å². The largest absolute Gasteiger partial charge is 0.313 e. The van der Waals surface area contributed by atoms with Crippen molar-refractivity contribution in [3.05, 3.63) is 29.8 Å². The Kier molecular flexibility index (Phi) is 6.13. The van der Waals surface area contributed by atoms with Gasteiger partial charge >= 0.3 is 0 Å². The lowest BCUT2D eigenvalue weighted by Gasteiger charge is -2.19. The maximum atomic E-state index is 12.3. The van der Waals surface area contributed by atoms with Gasteiger partial charge in [0.25, 0.3) is 0 Å². The predicted octanol–water partition coefficient (Wildman–Crippen LogP) is 1.20. The normalized spacial score (nSPS) is 15.3. The van der Waals surface area contributed by atoms with Gasteiger partial charge in [-0.15, -0.1) is 0 Å². The second-order valence-electron chi connectivity index (χ2n) is 5.37. The lowest BCUT2D eigenvalue weighted by Crippen LogP contribution is -2.39. The number of nitrogens with one attached hydrogen (secondary N) is 2. The Morgan fingerprint density at radius 3 is 2.45 bits per heavy atom. The number of hydrogen-bond acceptors (Lipinski definition) is 4. The molecule has 0 amide bonds. The number of sulfonamides is 1. The number of benzene rings is 1. The van der Waals surface area contributed by atoms with Crippen molar-refractivity contribution < 1.29 is 8.42 Å². The highest BCUT2D eigenvalue weighted by Gasteiger charge is 2.18. The van der Waals surface area contributed by atoms with E-state index in [2.05, 4.69) is 10.0 Å². The van der Waals surface area contributed by atoms with E-state index in [1.165, 1.54) is 0 Å². The molecule has 2 unspecified atom stereocenters. The first-order valence-electron chi connectivity index (χ1n) is 6.70. The molecule has 0 spiro atoms. The van der Waals surface area contributed by atoms with Crippen LogP contribution >= 0.6 is 0 Å². The van der Waals surface area contributed by atoms with Gasteiger partial charge in [0.05, 0.1) is 4.90 Å². The Bertz CT molecular complexity index is 529. The van der Waals surface area contributed by atoms with Crippen LogP contribution in [0.4, 0.5) is 0 Å². The van der Waals surface area contributed by atoms with Crippen LogP contribution in [-0.2, 0) is 10.0 Å². The summed E-state index contributed by atoms with van der Waals surface area (Å²) in [6.07, 6.45) is 0. The second-order valence-corrected chi connectivity index (χ2v) is 7.08. The summed E-state index contributed by atoms with van der Waals surface area (Å²) in [7, 11) is 2.21. The summed E-state index contributed by atoms with van der Waals surface area (Å²) in [6, 6.07) is 7.00. The molecule has 0 bridgehead atoms. The first-order chi connectivity index (χ1) is 9.26. The summed E-state index contributed by atoms with van der Waals surface area (Å²) in [6.45, 7) is 4.51. The Morgan fingerprint density at radius 1 is 1.25 bits per heavy atom. The highest BCUT2D eigenvalue weighted by Crippen LogP contribution is 2.17. The first-order valence-corrected chi connectivity index (χ1v) is 8.19. The lowest BCUT2D eigenvalue weighted by atomic mass is 10.1. The van der Waals surface area contributed by atoms with Gasteiger partial charge < -0.3 is 10.2 Å². The minimum absolute atomic E-state index is 0.115. The predicted molar refractivity (Wildman–Crippen MR) is 82.3 cm³/mol. The number of rotatable bonds is 7. The minimum Gasteiger partial charge on any atom is -0.313 e. The molecule has 2 atom stereocenters. The monoisotopic (exact) mass is 299 g/mol. The molecule has 20 heavy (non-hydrogen) atoms. The van der Waals surface area contributed by atoms with Crippen LogP contribution in [0.2, 0.25) is 0 Å². The van der Waals surface area contributed by atoms with Crippen molar-refractivity contribution in [1.82, 2.24) is 14.9 Å². The van der Waals surface area contributed by atoms with E-state index in [9.17, 15) is 8.42 Å². The van der Waals surface area contributed by atoms with Gasteiger partial charge in [-0.25, -0.2) is 13.1 Å². The fraction of sp³-hybridized carbons (Fsp3) is 0.571. The molecule has 0 radical (unpaired) electrons. The smallest absolute Gasteiger partial charge is 0.240 e. The minimum atomic E-state index is -3.47. The molecular formula is C14H25N3O2S. The molecule has 0 aliphatic carbocycles. The molecule has 0 saturated heterocycles. The van der Waals surface area contributed by atoms with Gasteiger partial charge in [-0.1, -0.05) is 12.1 Å². The van der Waals surface area contributed by atoms with Crippen molar-refractivity contribution in [2.45, 2.75) is 30.8 Å². The number of nitrogens with zero attached hydrogens (tertiary/aromatic N) is 1. The van der Waals surface area contributed by atoms with Gasteiger partial charge in [0.1, 0.15) is 0 Å². The summed E-state index contributed by atoms with van der Waals surface area (Å²) >= 11 is 0. The lowest BCUT2D eigenvalue weighted by molar-refractivity contribution is 0.370. The summed E-state index contributed by atoms with van der Waals surface area (Å²) < 4.78 is 27.4. The molecule has 114 valence electrons. The van der Waals surface area contributed by atoms with Gasteiger partial charge in [-0.2, -0.15) is 0 Å². The molecule has 1 aromatic rings. The van der Waals surface area contributed by atoms with Crippen LogP contribution in [0, 0.1) is 0 Å². The molecule has 0 saturated carbocycles. The maximum Gasteiger partial charge on any atom is 0.240 e. The molecule has 1 rings (SSSR count). The van der Waals surface area contributed by atoms with E-state index in [-0.39, 0.29) is 12.1 Å². The fourth-order valence-electron chi connectivity index (χ4n) is 2.04. The molecule has 0 heterocycles. The summed E-state index contributed by atoms with van der Waals surface area (Å²) in [5.41, 5.74) is 0.954. The second kappa shape index (κ2) is 7.17. The van der Waals surface area contributed by atoms with Crippen molar-refractivity contribution in [3.8, 4) is 0 Å². The van der Waals surface area contributed by atoms with Gasteiger partial charge in [-0.05, 0) is 52.7 Å². The summed E-state index contributed by atoms with van der Waals surface area (Å²) in [5, 5.41) is 3.10. The molecule has 0 aliphatic heterocycles. The molecule has 0 fully saturated rings. The molecular weight excluding hydrogens is 274 g/mol. The zero-order valence-electron chi connectivity index (χ0n) is 12.8. The first kappa shape index (κ1) is 17.1. The van der Waals surface area contributed by atoms with Crippen LogP contribution in [0.1, 0.15) is 25.5 Å². The zero-order chi connectivity index (χ0) is 15.3. The molecule has 1 aromatic carbocycles. The third-order valence-corrected chi connectivity index (χ3v) is 4.68. The third kappa shape index (κ3) is 4.86. The van der Waals surface area contributed by atoms with Crippen molar-refractivity contribution in [2.75, 3.05) is 27.7 Å². The Labute approximate surface area is 122 Å². The zero-order valence-corrected chi connectivity index (χ0v) is 13.7. The Balaban J connectivity index is 2.92. The van der Waals surface area contributed by atoms with E-state index >= 15 is 0 Å². The van der Waals surface area contributed by atoms with Gasteiger partial charge in [0.15, 0.2) is 0 Å². The third-order valence-electron chi connectivity index (χ3n) is 3.10. The van der Waals surface area contributed by atoms with E-state index in [1.807, 2.05) is 46.0 Å². The van der Waals surface area contributed by atoms with Crippen LogP contribution in [0.3, 0.4) is 0 Å². The average Bonchev–Trinajstić information content (AvgIpc) is 2.36. The highest BCUT2D eigenvalue weighted by molar-refractivity contribution is 7.89. The van der Waals surface area contributed by atoms with Gasteiger partial charge in [-0.3, -0.25) is 0 Å². The van der Waals surface area contributed by atoms with E-state index in [0.29, 0.717) is 11.4 Å². The van der Waals surface area contributed by atoms with Gasteiger partial charge in [0, 0.05) is 18.6 Å². The molecule has 2 N–H and O–H groups in total. The quantitative estimate of drug-likeness (QED) is 0.794. The van der Waals surface area contributed by atoms with Crippen molar-refractivity contribution in [1.29, 1.82) is 0 Å². The SMILES string of the molecule is CNC(C)c1cccc(S(=O)(=O)NC(C)CN(C)C)c1.